The maximum atomic E-state index is 12.2. The molecule has 0 spiro atoms. The first-order valence-electron chi connectivity index (χ1n) is 8.50. The summed E-state index contributed by atoms with van der Waals surface area (Å²) in [5, 5.41) is 3.62. The largest absolute Gasteiger partial charge is 0.497 e. The van der Waals surface area contributed by atoms with Gasteiger partial charge in [0.1, 0.15) is 17.5 Å². The van der Waals surface area contributed by atoms with Crippen LogP contribution in [-0.4, -0.2) is 40.3 Å². The highest BCUT2D eigenvalue weighted by atomic mass is 35.5. The summed E-state index contributed by atoms with van der Waals surface area (Å²) < 4.78 is 10.8. The number of benzene rings is 2. The molecule has 2 aromatic carbocycles. The van der Waals surface area contributed by atoms with Gasteiger partial charge >= 0.3 is 0 Å². The van der Waals surface area contributed by atoms with E-state index in [0.717, 1.165) is 16.9 Å². The molecule has 6 heteroatoms. The van der Waals surface area contributed by atoms with Crippen LogP contribution < -0.4 is 19.7 Å². The van der Waals surface area contributed by atoms with E-state index >= 15 is 0 Å². The number of ether oxygens (including phenoxy) is 2. The molecule has 5 nitrogen and oxygen atoms in total. The summed E-state index contributed by atoms with van der Waals surface area (Å²) in [6.45, 7) is 2.37. The van der Waals surface area contributed by atoms with E-state index in [2.05, 4.69) is 19.4 Å². The fourth-order valence-corrected chi connectivity index (χ4v) is 2.75. The lowest BCUT2D eigenvalue weighted by atomic mass is 10.1. The van der Waals surface area contributed by atoms with Gasteiger partial charge in [-0.2, -0.15) is 0 Å². The van der Waals surface area contributed by atoms with Crippen LogP contribution in [0.3, 0.4) is 0 Å². The molecule has 0 aliphatic carbocycles. The number of carbonyl (C=O) groups excluding carboxylic acids is 1. The smallest absolute Gasteiger partial charge is 0.258 e. The molecule has 0 saturated carbocycles. The molecule has 2 aromatic rings. The Morgan fingerprint density at radius 3 is 2.62 bits per heavy atom. The lowest BCUT2D eigenvalue weighted by Crippen LogP contribution is -3.07. The second-order valence-electron chi connectivity index (χ2n) is 6.41. The number of halogens is 1. The zero-order valence-electron chi connectivity index (χ0n) is 15.6. The van der Waals surface area contributed by atoms with Gasteiger partial charge < -0.3 is 19.7 Å². The van der Waals surface area contributed by atoms with Crippen LogP contribution in [0.2, 0.25) is 5.02 Å². The Balaban J connectivity index is 1.91. The normalized spacial score (nSPS) is 11.9. The maximum Gasteiger partial charge on any atom is 0.258 e. The molecule has 0 bridgehead atoms. The van der Waals surface area contributed by atoms with Crippen molar-refractivity contribution in [3.63, 3.8) is 0 Å². The highest BCUT2D eigenvalue weighted by Crippen LogP contribution is 2.21. The average molecular weight is 378 g/mol. The van der Waals surface area contributed by atoms with Crippen molar-refractivity contribution in [2.45, 2.75) is 13.0 Å². The van der Waals surface area contributed by atoms with Gasteiger partial charge in [-0.05, 0) is 42.8 Å². The molecule has 0 aliphatic heterocycles. The van der Waals surface area contributed by atoms with Gasteiger partial charge in [0, 0.05) is 10.6 Å². The van der Waals surface area contributed by atoms with Crippen LogP contribution in [0.4, 0.5) is 0 Å². The van der Waals surface area contributed by atoms with Gasteiger partial charge in [0.05, 0.1) is 27.7 Å². The predicted octanol–water partition coefficient (Wildman–Crippen LogP) is 2.04. The highest BCUT2D eigenvalue weighted by molar-refractivity contribution is 6.31. The van der Waals surface area contributed by atoms with E-state index in [-0.39, 0.29) is 18.6 Å². The third kappa shape index (κ3) is 5.64. The van der Waals surface area contributed by atoms with Gasteiger partial charge in [0.2, 0.25) is 0 Å². The summed E-state index contributed by atoms with van der Waals surface area (Å²) in [5.41, 5.74) is 2.03. The minimum absolute atomic E-state index is 0.0331. The summed E-state index contributed by atoms with van der Waals surface area (Å²) >= 11 is 5.99. The highest BCUT2D eigenvalue weighted by Gasteiger charge is 2.19. The van der Waals surface area contributed by atoms with E-state index in [0.29, 0.717) is 17.3 Å². The van der Waals surface area contributed by atoms with Crippen molar-refractivity contribution in [2.24, 2.45) is 0 Å². The Hall–Kier alpha value is -2.24. The Kier molecular flexibility index (Phi) is 7.30. The molecule has 0 fully saturated rings. The summed E-state index contributed by atoms with van der Waals surface area (Å²) in [5.74, 6) is 1.28. The predicted molar refractivity (Wildman–Crippen MR) is 103 cm³/mol. The maximum absolute atomic E-state index is 12.2. The van der Waals surface area contributed by atoms with E-state index in [9.17, 15) is 4.79 Å². The topological polar surface area (TPSA) is 52.0 Å². The number of hydrogen-bond acceptors (Lipinski definition) is 3. The van der Waals surface area contributed by atoms with Gasteiger partial charge in [-0.25, -0.2) is 0 Å². The molecule has 0 aliphatic rings. The van der Waals surface area contributed by atoms with Crippen molar-refractivity contribution >= 4 is 17.5 Å². The van der Waals surface area contributed by atoms with Crippen LogP contribution in [0.15, 0.2) is 42.5 Å². The molecule has 0 unspecified atom stereocenters. The zero-order valence-corrected chi connectivity index (χ0v) is 16.4. The van der Waals surface area contributed by atoms with Crippen molar-refractivity contribution in [3.05, 3.63) is 58.6 Å². The van der Waals surface area contributed by atoms with Gasteiger partial charge in [-0.1, -0.05) is 23.7 Å². The van der Waals surface area contributed by atoms with Crippen molar-refractivity contribution in [3.8, 4) is 11.5 Å². The summed E-state index contributed by atoms with van der Waals surface area (Å²) in [7, 11) is 5.76. The fraction of sp³-hybridized carbons (Fsp3) is 0.350. The first-order valence-corrected chi connectivity index (χ1v) is 8.88. The van der Waals surface area contributed by atoms with E-state index < -0.39 is 0 Å². The number of methoxy groups -OCH3 is 1. The van der Waals surface area contributed by atoms with E-state index in [1.165, 1.54) is 4.90 Å². The molecule has 0 aromatic heterocycles. The summed E-state index contributed by atoms with van der Waals surface area (Å²) in [6, 6.07) is 13.4. The molecule has 2 N–H and O–H groups in total. The van der Waals surface area contributed by atoms with Crippen LogP contribution >= 0.6 is 11.6 Å². The van der Waals surface area contributed by atoms with Gasteiger partial charge in [-0.15, -0.1) is 0 Å². The molecule has 0 saturated heterocycles. The Labute approximate surface area is 159 Å². The number of rotatable bonds is 8. The van der Waals surface area contributed by atoms with Gasteiger partial charge in [0.15, 0.2) is 6.61 Å². The molecule has 26 heavy (non-hydrogen) atoms. The molecular weight excluding hydrogens is 352 g/mol. The van der Waals surface area contributed by atoms with Crippen LogP contribution in [-0.2, 0) is 4.79 Å². The number of quaternary nitrogens is 1. The molecular formula is C20H26ClN2O3+. The molecule has 0 radical (unpaired) electrons. The number of nitrogens with one attached hydrogen (secondary N) is 2. The third-order valence-electron chi connectivity index (χ3n) is 4.20. The summed E-state index contributed by atoms with van der Waals surface area (Å²) in [6.07, 6.45) is 0. The number of amides is 1. The van der Waals surface area contributed by atoms with Crippen molar-refractivity contribution in [1.82, 2.24) is 5.32 Å². The Morgan fingerprint density at radius 2 is 1.96 bits per heavy atom. The molecule has 1 atom stereocenters. The Morgan fingerprint density at radius 1 is 1.19 bits per heavy atom. The van der Waals surface area contributed by atoms with E-state index in [1.54, 1.807) is 19.2 Å². The lowest BCUT2D eigenvalue weighted by Gasteiger charge is -2.22. The summed E-state index contributed by atoms with van der Waals surface area (Å²) in [4.78, 5) is 13.4. The van der Waals surface area contributed by atoms with Gasteiger partial charge in [-0.3, -0.25) is 4.79 Å². The van der Waals surface area contributed by atoms with Crippen LogP contribution in [0.25, 0.3) is 0 Å². The first kappa shape index (κ1) is 20.1. The second-order valence-corrected chi connectivity index (χ2v) is 6.82. The fourth-order valence-electron chi connectivity index (χ4n) is 2.64. The SMILES string of the molecule is COc1cccc([C@@H](CNC(=O)COc2ccc(Cl)c(C)c2)[NH+](C)C)c1. The van der Waals surface area contributed by atoms with Crippen LogP contribution in [0, 0.1) is 6.92 Å². The van der Waals surface area contributed by atoms with Crippen LogP contribution in [0.1, 0.15) is 17.2 Å². The monoisotopic (exact) mass is 377 g/mol. The molecule has 1 amide bonds. The number of hydrogen-bond donors (Lipinski definition) is 2. The number of aryl methyl sites for hydroxylation is 1. The quantitative estimate of drug-likeness (QED) is 0.740. The minimum atomic E-state index is -0.160. The zero-order chi connectivity index (χ0) is 19.1. The Bertz CT molecular complexity index is 750. The lowest BCUT2D eigenvalue weighted by molar-refractivity contribution is -0.890. The van der Waals surface area contributed by atoms with Crippen LogP contribution in [0.5, 0.6) is 11.5 Å². The standard InChI is InChI=1S/C20H25ClN2O3/c1-14-10-17(8-9-18(14)21)26-13-20(24)22-12-19(23(2)3)15-6-5-7-16(11-15)25-4/h5-11,19H,12-13H2,1-4H3,(H,22,24)/p+1/t19-/m1/s1. The van der Waals surface area contributed by atoms with Crippen molar-refractivity contribution in [1.29, 1.82) is 0 Å². The molecule has 0 heterocycles. The van der Waals surface area contributed by atoms with E-state index in [4.69, 9.17) is 21.1 Å². The third-order valence-corrected chi connectivity index (χ3v) is 4.62. The number of likely N-dealkylation sites (N-methyl/N-ethyl adjacent to an activating group) is 1. The van der Waals surface area contributed by atoms with Crippen molar-refractivity contribution in [2.75, 3.05) is 34.4 Å². The minimum Gasteiger partial charge on any atom is -0.497 e. The van der Waals surface area contributed by atoms with Gasteiger partial charge in [0.25, 0.3) is 5.91 Å². The number of carbonyl (C=O) groups is 1. The molecule has 2 rings (SSSR count). The average Bonchev–Trinajstić information content (AvgIpc) is 2.62. The van der Waals surface area contributed by atoms with E-state index in [1.807, 2.05) is 37.3 Å². The first-order chi connectivity index (χ1) is 12.4. The van der Waals surface area contributed by atoms with Crippen molar-refractivity contribution < 1.29 is 19.2 Å². The second kappa shape index (κ2) is 9.46. The molecule has 140 valence electrons.